The Morgan fingerprint density at radius 2 is 1.87 bits per heavy atom. The van der Waals surface area contributed by atoms with E-state index in [-0.39, 0.29) is 11.9 Å². The van der Waals surface area contributed by atoms with Gasteiger partial charge in [-0.05, 0) is 91.8 Å². The second kappa shape index (κ2) is 7.50. The molecule has 1 N–H and O–H groups in total. The van der Waals surface area contributed by atoms with Gasteiger partial charge in [-0.25, -0.2) is 8.42 Å². The number of hydrogen-bond acceptors (Lipinski definition) is 3. The third-order valence-corrected chi connectivity index (χ3v) is 8.78. The van der Waals surface area contributed by atoms with E-state index >= 15 is 0 Å². The monoisotopic (exact) mass is 424 g/mol. The first-order valence-electron chi connectivity index (χ1n) is 11.0. The molecule has 6 heteroatoms. The summed E-state index contributed by atoms with van der Waals surface area (Å²) in [7, 11) is -3.71. The topological polar surface area (TPSA) is 66.5 Å². The molecule has 2 aliphatic carbocycles. The van der Waals surface area contributed by atoms with E-state index < -0.39 is 16.1 Å². The van der Waals surface area contributed by atoms with E-state index in [1.807, 2.05) is 36.4 Å². The second-order valence-corrected chi connectivity index (χ2v) is 10.7. The number of carbonyl (C=O) groups is 1. The maximum absolute atomic E-state index is 13.6. The van der Waals surface area contributed by atoms with Crippen molar-refractivity contribution in [2.45, 2.75) is 68.8 Å². The lowest BCUT2D eigenvalue weighted by Crippen LogP contribution is -2.45. The van der Waals surface area contributed by atoms with Crippen molar-refractivity contribution in [1.29, 1.82) is 0 Å². The lowest BCUT2D eigenvalue weighted by molar-refractivity contribution is -0.119. The molecule has 5 rings (SSSR count). The Morgan fingerprint density at radius 3 is 2.67 bits per heavy atom. The van der Waals surface area contributed by atoms with Gasteiger partial charge in [-0.1, -0.05) is 25.1 Å². The predicted octanol–water partition coefficient (Wildman–Crippen LogP) is 3.92. The van der Waals surface area contributed by atoms with Crippen LogP contribution in [0.2, 0.25) is 0 Å². The number of carbonyl (C=O) groups excluding carboxylic acids is 1. The highest BCUT2D eigenvalue weighted by atomic mass is 32.2. The molecule has 3 atom stereocenters. The summed E-state index contributed by atoms with van der Waals surface area (Å²) in [5, 5.41) is 2.96. The zero-order valence-corrected chi connectivity index (χ0v) is 18.1. The maximum Gasteiger partial charge on any atom is 0.244 e. The number of benzene rings is 2. The Balaban J connectivity index is 1.41. The lowest BCUT2D eigenvalue weighted by Gasteiger charge is -2.27. The molecule has 2 fully saturated rings. The largest absolute Gasteiger partial charge is 0.325 e. The van der Waals surface area contributed by atoms with Crippen LogP contribution in [0, 0.1) is 5.92 Å². The van der Waals surface area contributed by atoms with Gasteiger partial charge in [0.15, 0.2) is 0 Å². The van der Waals surface area contributed by atoms with Crippen LogP contribution in [0.3, 0.4) is 0 Å². The summed E-state index contributed by atoms with van der Waals surface area (Å²) >= 11 is 0. The minimum Gasteiger partial charge on any atom is -0.325 e. The highest BCUT2D eigenvalue weighted by Crippen LogP contribution is 2.50. The average molecular weight is 425 g/mol. The van der Waals surface area contributed by atoms with Crippen LogP contribution in [-0.4, -0.2) is 30.7 Å². The number of amides is 1. The number of anilines is 1. The van der Waals surface area contributed by atoms with Crippen LogP contribution in [0.1, 0.15) is 49.3 Å². The van der Waals surface area contributed by atoms with Crippen molar-refractivity contribution in [3.8, 4) is 0 Å². The molecule has 1 saturated carbocycles. The first kappa shape index (κ1) is 19.8. The normalized spacial score (nSPS) is 25.4. The smallest absolute Gasteiger partial charge is 0.244 e. The van der Waals surface area contributed by atoms with E-state index in [0.29, 0.717) is 17.2 Å². The van der Waals surface area contributed by atoms with E-state index in [2.05, 4.69) is 12.2 Å². The van der Waals surface area contributed by atoms with Crippen LogP contribution < -0.4 is 5.32 Å². The maximum atomic E-state index is 13.6. The highest BCUT2D eigenvalue weighted by Gasteiger charge is 2.58. The van der Waals surface area contributed by atoms with Gasteiger partial charge in [0.25, 0.3) is 0 Å². The van der Waals surface area contributed by atoms with Gasteiger partial charge in [0.05, 0.1) is 4.90 Å². The van der Waals surface area contributed by atoms with Crippen LogP contribution in [-0.2, 0) is 34.1 Å². The van der Waals surface area contributed by atoms with E-state index in [4.69, 9.17) is 0 Å². The second-order valence-electron chi connectivity index (χ2n) is 8.83. The molecule has 1 amide bonds. The Bertz CT molecular complexity index is 1100. The molecule has 2 aromatic rings. The molecule has 1 aliphatic heterocycles. The van der Waals surface area contributed by atoms with Crippen molar-refractivity contribution in [3.63, 3.8) is 0 Å². The Morgan fingerprint density at radius 1 is 1.07 bits per heavy atom. The molecule has 0 aromatic heterocycles. The van der Waals surface area contributed by atoms with Gasteiger partial charge in [0, 0.05) is 11.7 Å². The van der Waals surface area contributed by atoms with Crippen LogP contribution in [0.5, 0.6) is 0 Å². The number of aryl methyl sites for hydroxylation is 3. The number of nitrogens with zero attached hydrogens (tertiary/aromatic N) is 1. The molecular formula is C24H28N2O3S. The number of nitrogens with one attached hydrogen (secondary N) is 1. The van der Waals surface area contributed by atoms with Crippen LogP contribution in [0.25, 0.3) is 0 Å². The highest BCUT2D eigenvalue weighted by molar-refractivity contribution is 7.89. The Labute approximate surface area is 178 Å². The fourth-order valence-corrected chi connectivity index (χ4v) is 6.98. The summed E-state index contributed by atoms with van der Waals surface area (Å²) in [5.74, 6) is 0.0760. The summed E-state index contributed by atoms with van der Waals surface area (Å²) in [4.78, 5) is 13.4. The molecule has 5 nitrogen and oxygen atoms in total. The van der Waals surface area contributed by atoms with Gasteiger partial charge in [-0.2, -0.15) is 4.31 Å². The molecule has 0 spiro atoms. The average Bonchev–Trinajstić information content (AvgIpc) is 3.41. The van der Waals surface area contributed by atoms with Gasteiger partial charge in [-0.15, -0.1) is 0 Å². The lowest BCUT2D eigenvalue weighted by atomic mass is 9.92. The molecule has 2 aromatic carbocycles. The molecule has 158 valence electrons. The molecule has 0 bridgehead atoms. The summed E-state index contributed by atoms with van der Waals surface area (Å²) in [6.45, 7) is 2.07. The molecule has 1 heterocycles. The fraction of sp³-hybridized carbons (Fsp3) is 0.458. The molecule has 3 aliphatic rings. The van der Waals surface area contributed by atoms with E-state index in [1.54, 1.807) is 6.07 Å². The van der Waals surface area contributed by atoms with Crippen LogP contribution in [0.4, 0.5) is 5.69 Å². The zero-order chi connectivity index (χ0) is 20.9. The van der Waals surface area contributed by atoms with Gasteiger partial charge in [0.1, 0.15) is 6.04 Å². The molecule has 1 saturated heterocycles. The number of rotatable bonds is 5. The Kier molecular flexibility index (Phi) is 4.94. The van der Waals surface area contributed by atoms with Crippen molar-refractivity contribution < 1.29 is 13.2 Å². The van der Waals surface area contributed by atoms with Gasteiger partial charge >= 0.3 is 0 Å². The first-order chi connectivity index (χ1) is 14.5. The van der Waals surface area contributed by atoms with E-state index in [0.717, 1.165) is 55.3 Å². The number of piperidine rings is 1. The fourth-order valence-electron chi connectivity index (χ4n) is 5.07. The van der Waals surface area contributed by atoms with E-state index in [1.165, 1.54) is 9.87 Å². The van der Waals surface area contributed by atoms with Crippen molar-refractivity contribution in [2.24, 2.45) is 5.92 Å². The molecule has 0 radical (unpaired) electrons. The molecule has 30 heavy (non-hydrogen) atoms. The predicted molar refractivity (Wildman–Crippen MR) is 117 cm³/mol. The third kappa shape index (κ3) is 3.46. The van der Waals surface area contributed by atoms with Crippen LogP contribution >= 0.6 is 0 Å². The molecule has 0 unspecified atom stereocenters. The summed E-state index contributed by atoms with van der Waals surface area (Å²) in [6, 6.07) is 12.6. The number of hydrogen-bond donors (Lipinski definition) is 1. The van der Waals surface area contributed by atoms with Gasteiger partial charge < -0.3 is 5.32 Å². The number of sulfonamides is 1. The summed E-state index contributed by atoms with van der Waals surface area (Å²) in [6.07, 6.45) is 6.57. The van der Waals surface area contributed by atoms with Crippen molar-refractivity contribution in [3.05, 3.63) is 59.2 Å². The van der Waals surface area contributed by atoms with Gasteiger partial charge in [0.2, 0.25) is 15.9 Å². The molecular weight excluding hydrogens is 396 g/mol. The summed E-state index contributed by atoms with van der Waals surface area (Å²) < 4.78 is 28.6. The zero-order valence-electron chi connectivity index (χ0n) is 17.3. The first-order valence-corrected chi connectivity index (χ1v) is 12.5. The van der Waals surface area contributed by atoms with E-state index in [9.17, 15) is 13.2 Å². The Hall–Kier alpha value is -2.18. The van der Waals surface area contributed by atoms with Gasteiger partial charge in [-0.3, -0.25) is 4.79 Å². The quantitative estimate of drug-likeness (QED) is 0.791. The summed E-state index contributed by atoms with van der Waals surface area (Å²) in [5.41, 5.74) is 4.27. The minimum atomic E-state index is -3.71. The van der Waals surface area contributed by atoms with Crippen molar-refractivity contribution in [2.75, 3.05) is 5.32 Å². The standard InChI is InChI=1S/C24H28N2O3S/c1-2-16-6-5-9-20(12-16)25-24(27)23-15-19-14-22(19)26(23)30(28,29)21-11-10-17-7-3-4-8-18(17)13-21/h5-6,9-13,19,22-23H,2-4,7-8,14-15H2,1H3,(H,25,27)/t19-,22+,23+/m1/s1. The minimum absolute atomic E-state index is 0.0382. The van der Waals surface area contributed by atoms with Crippen molar-refractivity contribution in [1.82, 2.24) is 4.31 Å². The van der Waals surface area contributed by atoms with Crippen LogP contribution in [0.15, 0.2) is 47.4 Å². The third-order valence-electron chi connectivity index (χ3n) is 6.85. The van der Waals surface area contributed by atoms with Crippen molar-refractivity contribution >= 4 is 21.6 Å². The SMILES string of the molecule is CCc1cccc(NC(=O)[C@@H]2C[C@H]3C[C@@H]3N2S(=O)(=O)c2ccc3c(c2)CCCC3)c1. The number of fused-ring (bicyclic) bond motifs is 2.